The Bertz CT molecular complexity index is 356. The Morgan fingerprint density at radius 1 is 1.21 bits per heavy atom. The first-order valence-corrected chi connectivity index (χ1v) is 5.75. The highest BCUT2D eigenvalue weighted by molar-refractivity contribution is 5.85. The van der Waals surface area contributed by atoms with Gasteiger partial charge in [-0.15, -0.1) is 0 Å². The summed E-state index contributed by atoms with van der Waals surface area (Å²) in [6, 6.07) is -1.03. The van der Waals surface area contributed by atoms with Crippen LogP contribution in [0.5, 0.6) is 0 Å². The Hall–Kier alpha value is -2.25. The van der Waals surface area contributed by atoms with Gasteiger partial charge in [-0.2, -0.15) is 0 Å². The summed E-state index contributed by atoms with van der Waals surface area (Å²) >= 11 is 0. The number of rotatable bonds is 10. The molecule has 0 aromatic carbocycles. The Morgan fingerprint density at radius 2 is 1.84 bits per heavy atom. The Balaban J connectivity index is 4.04. The predicted molar refractivity (Wildman–Crippen MR) is 67.0 cm³/mol. The van der Waals surface area contributed by atoms with Gasteiger partial charge in [0.05, 0.1) is 12.2 Å². The molecule has 8 nitrogen and oxygen atoms in total. The molecule has 0 aliphatic rings. The monoisotopic (exact) mass is 273 g/mol. The Labute approximate surface area is 110 Å². The molecule has 108 valence electrons. The van der Waals surface area contributed by atoms with Gasteiger partial charge < -0.3 is 26.6 Å². The van der Waals surface area contributed by atoms with Crippen LogP contribution in [0.3, 0.4) is 0 Å². The standard InChI is InChI=1S/C11H19N3O5/c1-7(12)13-6-2-3-8(11(18)19)14-9(15)4-5-10(16)17/h8,13H,1-6,12H2,(H,14,15)(H,16,17)(H,18,19)/t8-/m0/s1. The van der Waals surface area contributed by atoms with Gasteiger partial charge in [0.1, 0.15) is 6.04 Å². The van der Waals surface area contributed by atoms with Crippen LogP contribution >= 0.6 is 0 Å². The maximum atomic E-state index is 11.3. The Kier molecular flexibility index (Phi) is 7.74. The van der Waals surface area contributed by atoms with E-state index in [1.54, 1.807) is 0 Å². The maximum Gasteiger partial charge on any atom is 0.326 e. The largest absolute Gasteiger partial charge is 0.481 e. The zero-order valence-electron chi connectivity index (χ0n) is 10.5. The molecule has 6 N–H and O–H groups in total. The molecule has 0 fully saturated rings. The van der Waals surface area contributed by atoms with E-state index >= 15 is 0 Å². The molecule has 1 amide bonds. The van der Waals surface area contributed by atoms with E-state index in [1.807, 2.05) is 0 Å². The number of carbonyl (C=O) groups excluding carboxylic acids is 1. The van der Waals surface area contributed by atoms with Crippen molar-refractivity contribution in [2.24, 2.45) is 5.73 Å². The molecule has 19 heavy (non-hydrogen) atoms. The fourth-order valence-electron chi connectivity index (χ4n) is 1.30. The lowest BCUT2D eigenvalue weighted by atomic mass is 10.1. The van der Waals surface area contributed by atoms with Crippen LogP contribution in [0, 0.1) is 0 Å². The molecule has 0 aliphatic heterocycles. The summed E-state index contributed by atoms with van der Waals surface area (Å²) in [4.78, 5) is 32.5. The molecule has 0 saturated carbocycles. The van der Waals surface area contributed by atoms with E-state index in [9.17, 15) is 14.4 Å². The number of aliphatic carboxylic acids is 2. The van der Waals surface area contributed by atoms with Gasteiger partial charge in [-0.25, -0.2) is 4.79 Å². The van der Waals surface area contributed by atoms with Gasteiger partial charge in [0, 0.05) is 13.0 Å². The lowest BCUT2D eigenvalue weighted by molar-refractivity contribution is -0.142. The van der Waals surface area contributed by atoms with E-state index in [4.69, 9.17) is 15.9 Å². The van der Waals surface area contributed by atoms with Gasteiger partial charge in [-0.3, -0.25) is 9.59 Å². The van der Waals surface area contributed by atoms with E-state index in [1.165, 1.54) is 0 Å². The van der Waals surface area contributed by atoms with E-state index in [0.717, 1.165) is 0 Å². The first kappa shape index (κ1) is 16.8. The highest BCUT2D eigenvalue weighted by atomic mass is 16.4. The van der Waals surface area contributed by atoms with Crippen LogP contribution in [0.25, 0.3) is 0 Å². The normalized spacial score (nSPS) is 11.4. The molecule has 0 bridgehead atoms. The quantitative estimate of drug-likeness (QED) is 0.329. The maximum absolute atomic E-state index is 11.3. The zero-order chi connectivity index (χ0) is 14.8. The summed E-state index contributed by atoms with van der Waals surface area (Å²) in [7, 11) is 0. The van der Waals surface area contributed by atoms with Crippen molar-refractivity contribution in [2.45, 2.75) is 31.7 Å². The van der Waals surface area contributed by atoms with Gasteiger partial charge in [0.2, 0.25) is 5.91 Å². The lowest BCUT2D eigenvalue weighted by Crippen LogP contribution is -2.41. The average molecular weight is 273 g/mol. The fourth-order valence-corrected chi connectivity index (χ4v) is 1.30. The summed E-state index contributed by atoms with van der Waals surface area (Å²) < 4.78 is 0. The van der Waals surface area contributed by atoms with Crippen molar-refractivity contribution in [3.05, 3.63) is 12.4 Å². The number of nitrogens with two attached hydrogens (primary N) is 1. The molecule has 0 aromatic heterocycles. The molecular weight excluding hydrogens is 254 g/mol. The third kappa shape index (κ3) is 9.45. The van der Waals surface area contributed by atoms with Gasteiger partial charge >= 0.3 is 11.9 Å². The third-order valence-electron chi connectivity index (χ3n) is 2.22. The van der Waals surface area contributed by atoms with Crippen molar-refractivity contribution in [1.82, 2.24) is 10.6 Å². The highest BCUT2D eigenvalue weighted by Crippen LogP contribution is 1.99. The smallest absolute Gasteiger partial charge is 0.326 e. The summed E-state index contributed by atoms with van der Waals surface area (Å²) in [5, 5.41) is 22.3. The second kappa shape index (κ2) is 8.78. The van der Waals surface area contributed by atoms with Crippen molar-refractivity contribution in [1.29, 1.82) is 0 Å². The van der Waals surface area contributed by atoms with Crippen molar-refractivity contribution in [3.8, 4) is 0 Å². The summed E-state index contributed by atoms with van der Waals surface area (Å²) in [6.07, 6.45) is 0.129. The minimum absolute atomic E-state index is 0.217. The van der Waals surface area contributed by atoms with E-state index in [2.05, 4.69) is 17.2 Å². The van der Waals surface area contributed by atoms with E-state index < -0.39 is 23.9 Å². The fraction of sp³-hybridized carbons (Fsp3) is 0.545. The number of nitrogens with one attached hydrogen (secondary N) is 2. The topological polar surface area (TPSA) is 142 Å². The summed E-state index contributed by atoms with van der Waals surface area (Å²) in [5.41, 5.74) is 5.27. The summed E-state index contributed by atoms with van der Waals surface area (Å²) in [5.74, 6) is -2.56. The van der Waals surface area contributed by atoms with Crippen molar-refractivity contribution in [2.75, 3.05) is 6.54 Å². The van der Waals surface area contributed by atoms with Crippen LogP contribution in [0.15, 0.2) is 12.4 Å². The van der Waals surface area contributed by atoms with E-state index in [-0.39, 0.29) is 25.1 Å². The molecule has 0 saturated heterocycles. The summed E-state index contributed by atoms with van der Waals surface area (Å²) in [6.45, 7) is 3.87. The minimum Gasteiger partial charge on any atom is -0.481 e. The zero-order valence-corrected chi connectivity index (χ0v) is 10.5. The predicted octanol–water partition coefficient (Wildman–Crippen LogP) is -0.780. The number of hydrogen-bond acceptors (Lipinski definition) is 5. The third-order valence-corrected chi connectivity index (χ3v) is 2.22. The molecule has 8 heteroatoms. The average Bonchev–Trinajstić information content (AvgIpc) is 2.29. The molecule has 0 heterocycles. The van der Waals surface area contributed by atoms with Crippen molar-refractivity contribution < 1.29 is 24.6 Å². The van der Waals surface area contributed by atoms with Crippen LogP contribution in [0.2, 0.25) is 0 Å². The van der Waals surface area contributed by atoms with Gasteiger partial charge in [0.15, 0.2) is 0 Å². The minimum atomic E-state index is -1.16. The molecule has 1 atom stereocenters. The first-order valence-electron chi connectivity index (χ1n) is 5.75. The van der Waals surface area contributed by atoms with Crippen molar-refractivity contribution in [3.63, 3.8) is 0 Å². The van der Waals surface area contributed by atoms with Gasteiger partial charge in [-0.1, -0.05) is 6.58 Å². The van der Waals surface area contributed by atoms with Gasteiger partial charge in [0.25, 0.3) is 0 Å². The molecular formula is C11H19N3O5. The number of hydrogen-bond donors (Lipinski definition) is 5. The Morgan fingerprint density at radius 3 is 2.32 bits per heavy atom. The molecule has 0 aromatic rings. The van der Waals surface area contributed by atoms with Crippen LogP contribution < -0.4 is 16.4 Å². The number of carboxylic acids is 2. The van der Waals surface area contributed by atoms with Crippen LogP contribution in [-0.4, -0.2) is 40.6 Å². The first-order chi connectivity index (χ1) is 8.82. The van der Waals surface area contributed by atoms with Crippen LogP contribution in [-0.2, 0) is 14.4 Å². The van der Waals surface area contributed by atoms with Crippen LogP contribution in [0.1, 0.15) is 25.7 Å². The molecule has 0 spiro atoms. The molecule has 0 rings (SSSR count). The second-order valence-corrected chi connectivity index (χ2v) is 3.95. The second-order valence-electron chi connectivity index (χ2n) is 3.95. The molecule has 0 radical (unpaired) electrons. The number of amides is 1. The molecule has 0 aliphatic carbocycles. The lowest BCUT2D eigenvalue weighted by Gasteiger charge is -2.14. The van der Waals surface area contributed by atoms with E-state index in [0.29, 0.717) is 13.0 Å². The SMILES string of the molecule is C=C(N)NCCC[C@H](NC(=O)CCC(=O)O)C(=O)O. The highest BCUT2D eigenvalue weighted by Gasteiger charge is 2.19. The number of carboxylic acid groups (broad SMARTS) is 2. The molecule has 0 unspecified atom stereocenters. The van der Waals surface area contributed by atoms with Crippen LogP contribution in [0.4, 0.5) is 0 Å². The van der Waals surface area contributed by atoms with Gasteiger partial charge in [-0.05, 0) is 12.8 Å². The number of carbonyl (C=O) groups is 3. The van der Waals surface area contributed by atoms with Crippen molar-refractivity contribution >= 4 is 17.8 Å².